The van der Waals surface area contributed by atoms with Gasteiger partial charge in [-0.25, -0.2) is 4.79 Å². The monoisotopic (exact) mass is 572 g/mol. The number of rotatable bonds is 12. The number of methoxy groups -OCH3 is 1. The van der Waals surface area contributed by atoms with Crippen LogP contribution >= 0.6 is 0 Å². The molecule has 0 radical (unpaired) electrons. The lowest BCUT2D eigenvalue weighted by Crippen LogP contribution is -2.48. The normalized spacial score (nSPS) is 16.2. The third kappa shape index (κ3) is 8.02. The van der Waals surface area contributed by atoms with Crippen molar-refractivity contribution in [1.82, 2.24) is 20.5 Å². The molecule has 0 aliphatic carbocycles. The maximum Gasteiger partial charge on any atom is 0.328 e. The van der Waals surface area contributed by atoms with Gasteiger partial charge in [0.1, 0.15) is 6.04 Å². The minimum atomic E-state index is -0.884. The van der Waals surface area contributed by atoms with Crippen LogP contribution in [0, 0.1) is 0 Å². The molecule has 0 saturated carbocycles. The first-order chi connectivity index (χ1) is 20.3. The van der Waals surface area contributed by atoms with Gasteiger partial charge in [0.15, 0.2) is 0 Å². The number of hydrogen-bond acceptors (Lipinski definition) is 7. The molecule has 3 N–H and O–H groups in total. The number of carbonyl (C=O) groups excluding carboxylic acids is 3. The lowest BCUT2D eigenvalue weighted by molar-refractivity contribution is -0.145. The Morgan fingerprint density at radius 3 is 2.52 bits per heavy atom. The Bertz CT molecular complexity index is 1360. The number of amides is 2. The second-order valence-corrected chi connectivity index (χ2v) is 11.0. The van der Waals surface area contributed by atoms with Gasteiger partial charge in [-0.05, 0) is 60.1 Å². The summed E-state index contributed by atoms with van der Waals surface area (Å²) in [7, 11) is 1.31. The van der Waals surface area contributed by atoms with Gasteiger partial charge in [0.05, 0.1) is 19.3 Å². The molecular weight excluding hydrogens is 532 g/mol. The maximum atomic E-state index is 13.4. The van der Waals surface area contributed by atoms with E-state index in [9.17, 15) is 19.5 Å². The lowest BCUT2D eigenvalue weighted by atomic mass is 10.00. The molecule has 3 aromatic rings. The second-order valence-electron chi connectivity index (χ2n) is 11.0. The molecule has 3 atom stereocenters. The zero-order chi connectivity index (χ0) is 30.1. The fourth-order valence-corrected chi connectivity index (χ4v) is 5.18. The molecule has 0 spiro atoms. The minimum Gasteiger partial charge on any atom is -0.467 e. The van der Waals surface area contributed by atoms with Crippen LogP contribution in [0.25, 0.3) is 0 Å². The van der Waals surface area contributed by atoms with Gasteiger partial charge in [0, 0.05) is 43.2 Å². The standard InChI is InChI=1S/C33H40N4O5/c1-22(2)27-15-24(18-34-20-27)19-35-21-30(38)28(16-23-9-5-4-6-10-23)36-31(39)25-11-7-12-26(17-25)32(40)37-14-8-13-29(37)33(41)42-3/h4-7,9-12,15,17-18,20,22,28-30,35,38H,8,13-14,16,19,21H2,1-3H3,(H,36,39)/t28?,29?,30-/m1/s1. The molecule has 1 saturated heterocycles. The van der Waals surface area contributed by atoms with Gasteiger partial charge < -0.3 is 25.4 Å². The van der Waals surface area contributed by atoms with Crippen molar-refractivity contribution in [2.75, 3.05) is 20.2 Å². The van der Waals surface area contributed by atoms with Crippen LogP contribution in [0.5, 0.6) is 0 Å². The Hall–Kier alpha value is -4.08. The van der Waals surface area contributed by atoms with Crippen LogP contribution in [0.2, 0.25) is 0 Å². The average Bonchev–Trinajstić information content (AvgIpc) is 3.51. The summed E-state index contributed by atoms with van der Waals surface area (Å²) in [5, 5.41) is 17.5. The van der Waals surface area contributed by atoms with Crippen LogP contribution < -0.4 is 10.6 Å². The quantitative estimate of drug-likeness (QED) is 0.284. The van der Waals surface area contributed by atoms with Crippen molar-refractivity contribution in [2.24, 2.45) is 0 Å². The molecule has 1 fully saturated rings. The van der Waals surface area contributed by atoms with Gasteiger partial charge >= 0.3 is 5.97 Å². The molecule has 4 rings (SSSR count). The lowest BCUT2D eigenvalue weighted by Gasteiger charge is -2.25. The van der Waals surface area contributed by atoms with Gasteiger partial charge in [-0.1, -0.05) is 56.3 Å². The number of pyridine rings is 1. The Morgan fingerprint density at radius 1 is 1.02 bits per heavy atom. The van der Waals surface area contributed by atoms with Gasteiger partial charge in [0.25, 0.3) is 11.8 Å². The van der Waals surface area contributed by atoms with Gasteiger partial charge in [-0.15, -0.1) is 0 Å². The van der Waals surface area contributed by atoms with Crippen LogP contribution in [0.3, 0.4) is 0 Å². The Morgan fingerprint density at radius 2 is 1.79 bits per heavy atom. The number of nitrogens with zero attached hydrogens (tertiary/aromatic N) is 2. The Labute approximate surface area is 247 Å². The molecule has 2 aromatic carbocycles. The first kappa shape index (κ1) is 30.9. The molecule has 42 heavy (non-hydrogen) atoms. The largest absolute Gasteiger partial charge is 0.467 e. The summed E-state index contributed by atoms with van der Waals surface area (Å²) >= 11 is 0. The summed E-state index contributed by atoms with van der Waals surface area (Å²) in [6, 6.07) is 17.0. The van der Waals surface area contributed by atoms with E-state index in [1.807, 2.05) is 36.5 Å². The van der Waals surface area contributed by atoms with E-state index in [4.69, 9.17) is 4.74 Å². The molecule has 9 nitrogen and oxygen atoms in total. The number of benzene rings is 2. The third-order valence-electron chi connectivity index (χ3n) is 7.60. The molecular formula is C33H40N4O5. The summed E-state index contributed by atoms with van der Waals surface area (Å²) in [6.07, 6.45) is 4.46. The maximum absolute atomic E-state index is 13.4. The molecule has 9 heteroatoms. The summed E-state index contributed by atoms with van der Waals surface area (Å²) in [6.45, 7) is 5.47. The highest BCUT2D eigenvalue weighted by Gasteiger charge is 2.35. The van der Waals surface area contributed by atoms with E-state index in [1.54, 1.807) is 24.4 Å². The summed E-state index contributed by atoms with van der Waals surface area (Å²) in [5.74, 6) is -0.792. The van der Waals surface area contributed by atoms with Crippen molar-refractivity contribution < 1.29 is 24.2 Å². The van der Waals surface area contributed by atoms with E-state index in [2.05, 4.69) is 35.5 Å². The van der Waals surface area contributed by atoms with Crippen molar-refractivity contribution >= 4 is 17.8 Å². The zero-order valence-electron chi connectivity index (χ0n) is 24.5. The van der Waals surface area contributed by atoms with E-state index in [1.165, 1.54) is 18.1 Å². The van der Waals surface area contributed by atoms with E-state index in [-0.39, 0.29) is 12.5 Å². The number of aliphatic hydroxyl groups is 1. The fourth-order valence-electron chi connectivity index (χ4n) is 5.18. The van der Waals surface area contributed by atoms with Crippen molar-refractivity contribution in [3.63, 3.8) is 0 Å². The third-order valence-corrected chi connectivity index (χ3v) is 7.60. The molecule has 222 valence electrons. The molecule has 2 heterocycles. The van der Waals surface area contributed by atoms with E-state index in [0.717, 1.165) is 16.7 Å². The van der Waals surface area contributed by atoms with E-state index < -0.39 is 30.1 Å². The second kappa shape index (κ2) is 14.7. The van der Waals surface area contributed by atoms with Crippen molar-refractivity contribution in [3.05, 3.63) is 101 Å². The number of likely N-dealkylation sites (tertiary alicyclic amines) is 1. The van der Waals surface area contributed by atoms with Gasteiger partial charge in [-0.3, -0.25) is 14.6 Å². The van der Waals surface area contributed by atoms with Crippen LogP contribution in [0.15, 0.2) is 73.1 Å². The number of hydrogen-bond donors (Lipinski definition) is 3. The van der Waals surface area contributed by atoms with Crippen LogP contribution in [-0.2, 0) is 22.5 Å². The highest BCUT2D eigenvalue weighted by atomic mass is 16.5. The predicted molar refractivity (Wildman–Crippen MR) is 160 cm³/mol. The van der Waals surface area contributed by atoms with Gasteiger partial charge in [0.2, 0.25) is 0 Å². The molecule has 2 amide bonds. The number of nitrogens with one attached hydrogen (secondary N) is 2. The number of ether oxygens (including phenoxy) is 1. The van der Waals surface area contributed by atoms with E-state index in [0.29, 0.717) is 49.4 Å². The zero-order valence-corrected chi connectivity index (χ0v) is 24.5. The number of aromatic nitrogens is 1. The fraction of sp³-hybridized carbons (Fsp3) is 0.394. The van der Waals surface area contributed by atoms with E-state index >= 15 is 0 Å². The van der Waals surface area contributed by atoms with Crippen LogP contribution in [-0.4, -0.2) is 71.2 Å². The highest BCUT2D eigenvalue weighted by Crippen LogP contribution is 2.22. The summed E-state index contributed by atoms with van der Waals surface area (Å²) < 4.78 is 4.87. The number of aliphatic hydroxyl groups excluding tert-OH is 1. The Balaban J connectivity index is 1.44. The Kier molecular flexibility index (Phi) is 10.8. The van der Waals surface area contributed by atoms with Crippen molar-refractivity contribution in [1.29, 1.82) is 0 Å². The number of esters is 1. The van der Waals surface area contributed by atoms with Crippen molar-refractivity contribution in [3.8, 4) is 0 Å². The topological polar surface area (TPSA) is 121 Å². The molecule has 1 aromatic heterocycles. The molecule has 1 aliphatic rings. The average molecular weight is 573 g/mol. The molecule has 0 bridgehead atoms. The van der Waals surface area contributed by atoms with Crippen molar-refractivity contribution in [2.45, 2.75) is 63.8 Å². The predicted octanol–water partition coefficient (Wildman–Crippen LogP) is 3.47. The summed E-state index contributed by atoms with van der Waals surface area (Å²) in [5.41, 5.74) is 3.76. The summed E-state index contributed by atoms with van der Waals surface area (Å²) in [4.78, 5) is 44.6. The van der Waals surface area contributed by atoms with Crippen LogP contribution in [0.4, 0.5) is 0 Å². The smallest absolute Gasteiger partial charge is 0.328 e. The van der Waals surface area contributed by atoms with Gasteiger partial charge in [-0.2, -0.15) is 0 Å². The molecule has 1 aliphatic heterocycles. The SMILES string of the molecule is COC(=O)C1CCCN1C(=O)c1cccc(C(=O)NC(Cc2ccccc2)[C@H](O)CNCc2cncc(C(C)C)c2)c1. The highest BCUT2D eigenvalue weighted by molar-refractivity contribution is 6.01. The first-order valence-electron chi connectivity index (χ1n) is 14.4. The minimum absolute atomic E-state index is 0.256. The molecule has 2 unspecified atom stereocenters. The first-order valence-corrected chi connectivity index (χ1v) is 14.4. The van der Waals surface area contributed by atoms with Crippen LogP contribution in [0.1, 0.15) is 70.0 Å². The number of carbonyl (C=O) groups is 3.